The van der Waals surface area contributed by atoms with E-state index >= 15 is 0 Å². The van der Waals surface area contributed by atoms with Crippen molar-refractivity contribution in [1.82, 2.24) is 0 Å². The summed E-state index contributed by atoms with van der Waals surface area (Å²) in [6.45, 7) is 0.466. The van der Waals surface area contributed by atoms with Crippen molar-refractivity contribution in [3.8, 4) is 5.75 Å². The van der Waals surface area contributed by atoms with Crippen molar-refractivity contribution in [3.63, 3.8) is 0 Å². The molecule has 3 rings (SSSR count). The number of para-hydroxylation sites is 1. The second kappa shape index (κ2) is 3.76. The molecule has 1 aromatic heterocycles. The summed E-state index contributed by atoms with van der Waals surface area (Å²) in [4.78, 5) is 12.2. The van der Waals surface area contributed by atoms with Crippen LogP contribution in [0.2, 0.25) is 0 Å². The number of hydrogen-bond donors (Lipinski definition) is 0. The van der Waals surface area contributed by atoms with Gasteiger partial charge in [-0.15, -0.1) is 0 Å². The average molecular weight is 230 g/mol. The van der Waals surface area contributed by atoms with Crippen LogP contribution >= 0.6 is 11.3 Å². The zero-order valence-electron chi connectivity index (χ0n) is 8.55. The van der Waals surface area contributed by atoms with Gasteiger partial charge in [0.2, 0.25) is 0 Å². The van der Waals surface area contributed by atoms with Gasteiger partial charge < -0.3 is 4.74 Å². The van der Waals surface area contributed by atoms with Crippen molar-refractivity contribution in [2.75, 3.05) is 6.61 Å². The Morgan fingerprint density at radius 2 is 2.19 bits per heavy atom. The topological polar surface area (TPSA) is 26.3 Å². The number of ether oxygens (including phenoxy) is 1. The Labute approximate surface area is 97.5 Å². The summed E-state index contributed by atoms with van der Waals surface area (Å²) < 4.78 is 5.51. The summed E-state index contributed by atoms with van der Waals surface area (Å²) in [6, 6.07) is 9.62. The molecule has 2 heterocycles. The molecule has 2 aromatic rings. The van der Waals surface area contributed by atoms with Crippen LogP contribution in [0.5, 0.6) is 5.75 Å². The Hall–Kier alpha value is -1.61. The summed E-state index contributed by atoms with van der Waals surface area (Å²) in [7, 11) is 0. The number of Topliss-reactive ketones (excluding diaryl/α,β-unsaturated/α-hetero) is 1. The number of carbonyl (C=O) groups excluding carboxylic acids is 1. The fourth-order valence-corrected chi connectivity index (χ4v) is 2.63. The van der Waals surface area contributed by atoms with E-state index in [1.807, 2.05) is 41.1 Å². The molecule has 0 spiro atoms. The van der Waals surface area contributed by atoms with Crippen LogP contribution in [0.25, 0.3) is 0 Å². The predicted molar refractivity (Wildman–Crippen MR) is 63.3 cm³/mol. The first kappa shape index (κ1) is 9.60. The molecule has 0 N–H and O–H groups in total. The SMILES string of the molecule is O=C(c1ccsc1)C1COc2ccccc21. The highest BCUT2D eigenvalue weighted by Crippen LogP contribution is 2.35. The molecule has 3 heteroatoms. The van der Waals surface area contributed by atoms with Crippen LogP contribution in [-0.4, -0.2) is 12.4 Å². The minimum absolute atomic E-state index is 0.134. The Morgan fingerprint density at radius 1 is 1.31 bits per heavy atom. The molecule has 0 saturated heterocycles. The third-order valence-corrected chi connectivity index (χ3v) is 3.51. The van der Waals surface area contributed by atoms with E-state index in [2.05, 4.69) is 0 Å². The number of carbonyl (C=O) groups is 1. The number of benzene rings is 1. The molecule has 1 unspecified atom stereocenters. The van der Waals surface area contributed by atoms with Crippen LogP contribution in [0.1, 0.15) is 21.8 Å². The number of ketones is 1. The van der Waals surface area contributed by atoms with E-state index in [0.717, 1.165) is 16.9 Å². The number of rotatable bonds is 2. The second-order valence-electron chi connectivity index (χ2n) is 3.78. The smallest absolute Gasteiger partial charge is 0.174 e. The molecule has 0 bridgehead atoms. The Bertz CT molecular complexity index is 516. The molecular weight excluding hydrogens is 220 g/mol. The van der Waals surface area contributed by atoms with Gasteiger partial charge in [0.05, 0.1) is 5.92 Å². The van der Waals surface area contributed by atoms with Crippen molar-refractivity contribution < 1.29 is 9.53 Å². The zero-order valence-corrected chi connectivity index (χ0v) is 9.37. The first-order valence-electron chi connectivity index (χ1n) is 5.14. The fourth-order valence-electron chi connectivity index (χ4n) is 1.99. The highest BCUT2D eigenvalue weighted by molar-refractivity contribution is 7.08. The lowest BCUT2D eigenvalue weighted by atomic mass is 9.94. The summed E-state index contributed by atoms with van der Waals surface area (Å²) in [6.07, 6.45) is 0. The van der Waals surface area contributed by atoms with Gasteiger partial charge in [-0.25, -0.2) is 0 Å². The van der Waals surface area contributed by atoms with Crippen molar-refractivity contribution in [2.45, 2.75) is 5.92 Å². The molecule has 1 aromatic carbocycles. The molecule has 0 radical (unpaired) electrons. The lowest BCUT2D eigenvalue weighted by Crippen LogP contribution is -2.13. The molecule has 1 atom stereocenters. The Kier molecular flexibility index (Phi) is 2.26. The standard InChI is InChI=1S/C13H10O2S/c14-13(9-5-6-16-8-9)11-7-15-12-4-2-1-3-10(11)12/h1-6,8,11H,7H2. The second-order valence-corrected chi connectivity index (χ2v) is 4.56. The molecule has 1 aliphatic heterocycles. The maximum absolute atomic E-state index is 12.2. The van der Waals surface area contributed by atoms with Crippen molar-refractivity contribution in [2.24, 2.45) is 0 Å². The van der Waals surface area contributed by atoms with E-state index in [1.165, 1.54) is 0 Å². The van der Waals surface area contributed by atoms with Gasteiger partial charge in [0, 0.05) is 16.5 Å². The molecule has 80 valence electrons. The highest BCUT2D eigenvalue weighted by Gasteiger charge is 2.30. The highest BCUT2D eigenvalue weighted by atomic mass is 32.1. The van der Waals surface area contributed by atoms with Gasteiger partial charge >= 0.3 is 0 Å². The summed E-state index contributed by atoms with van der Waals surface area (Å²) in [5, 5.41) is 3.82. The summed E-state index contributed by atoms with van der Waals surface area (Å²) in [5.74, 6) is 0.869. The van der Waals surface area contributed by atoms with Gasteiger partial charge in [0.1, 0.15) is 12.4 Å². The fraction of sp³-hybridized carbons (Fsp3) is 0.154. The van der Waals surface area contributed by atoms with E-state index in [-0.39, 0.29) is 11.7 Å². The van der Waals surface area contributed by atoms with Gasteiger partial charge in [-0.3, -0.25) is 4.79 Å². The quantitative estimate of drug-likeness (QED) is 0.741. The number of fused-ring (bicyclic) bond motifs is 1. The third-order valence-electron chi connectivity index (χ3n) is 2.82. The van der Waals surface area contributed by atoms with Crippen LogP contribution in [0.4, 0.5) is 0 Å². The Morgan fingerprint density at radius 3 is 3.00 bits per heavy atom. The van der Waals surface area contributed by atoms with Crippen LogP contribution < -0.4 is 4.74 Å². The van der Waals surface area contributed by atoms with Crippen LogP contribution in [-0.2, 0) is 0 Å². The number of hydrogen-bond acceptors (Lipinski definition) is 3. The van der Waals surface area contributed by atoms with E-state index in [0.29, 0.717) is 6.61 Å². The molecular formula is C13H10O2S. The van der Waals surface area contributed by atoms with Gasteiger partial charge in [0.15, 0.2) is 5.78 Å². The molecule has 1 aliphatic rings. The summed E-state index contributed by atoms with van der Waals surface area (Å²) in [5.41, 5.74) is 1.80. The first-order chi connectivity index (χ1) is 7.86. The van der Waals surface area contributed by atoms with Crippen LogP contribution in [0.15, 0.2) is 41.1 Å². The molecule has 2 nitrogen and oxygen atoms in total. The largest absolute Gasteiger partial charge is 0.492 e. The maximum atomic E-state index is 12.2. The van der Waals surface area contributed by atoms with Gasteiger partial charge in [-0.1, -0.05) is 18.2 Å². The van der Waals surface area contributed by atoms with Crippen molar-refractivity contribution in [3.05, 3.63) is 52.2 Å². The normalized spacial score (nSPS) is 17.9. The zero-order chi connectivity index (χ0) is 11.0. The van der Waals surface area contributed by atoms with E-state index in [1.54, 1.807) is 11.3 Å². The van der Waals surface area contributed by atoms with Crippen LogP contribution in [0, 0.1) is 0 Å². The minimum Gasteiger partial charge on any atom is -0.492 e. The molecule has 0 amide bonds. The lowest BCUT2D eigenvalue weighted by molar-refractivity contribution is 0.0948. The maximum Gasteiger partial charge on any atom is 0.174 e. The molecule has 0 aliphatic carbocycles. The van der Waals surface area contributed by atoms with E-state index < -0.39 is 0 Å². The lowest BCUT2D eigenvalue weighted by Gasteiger charge is -2.05. The van der Waals surface area contributed by atoms with Gasteiger partial charge in [-0.05, 0) is 17.5 Å². The van der Waals surface area contributed by atoms with Gasteiger partial charge in [-0.2, -0.15) is 11.3 Å². The molecule has 0 fully saturated rings. The molecule has 16 heavy (non-hydrogen) atoms. The van der Waals surface area contributed by atoms with Crippen LogP contribution in [0.3, 0.4) is 0 Å². The summed E-state index contributed by atoms with van der Waals surface area (Å²) >= 11 is 1.55. The third kappa shape index (κ3) is 1.44. The minimum atomic E-state index is -0.134. The Balaban J connectivity index is 1.96. The van der Waals surface area contributed by atoms with Crippen molar-refractivity contribution >= 4 is 17.1 Å². The predicted octanol–water partition coefficient (Wildman–Crippen LogP) is 3.11. The first-order valence-corrected chi connectivity index (χ1v) is 6.08. The van der Waals surface area contributed by atoms with E-state index in [9.17, 15) is 4.79 Å². The van der Waals surface area contributed by atoms with Crippen molar-refractivity contribution in [1.29, 1.82) is 0 Å². The van der Waals surface area contributed by atoms with Gasteiger partial charge in [0.25, 0.3) is 0 Å². The monoisotopic (exact) mass is 230 g/mol. The molecule has 0 saturated carbocycles. The average Bonchev–Trinajstić information content (AvgIpc) is 2.98. The number of thiophene rings is 1. The van der Waals surface area contributed by atoms with E-state index in [4.69, 9.17) is 4.74 Å².